The third kappa shape index (κ3) is 3.82. The molecule has 234 valence electrons. The molecule has 8 aromatic carbocycles. The van der Waals surface area contributed by atoms with Crippen molar-refractivity contribution in [2.24, 2.45) is 0 Å². The zero-order valence-electron chi connectivity index (χ0n) is 28.4. The number of nitrogens with zero attached hydrogens (tertiary/aromatic N) is 1. The molecule has 1 nitrogen and oxygen atoms in total. The van der Waals surface area contributed by atoms with E-state index in [0.29, 0.717) is 0 Å². The molecule has 0 amide bonds. The van der Waals surface area contributed by atoms with Crippen molar-refractivity contribution in [3.8, 4) is 22.3 Å². The van der Waals surface area contributed by atoms with Crippen LogP contribution in [0.15, 0.2) is 152 Å². The molecule has 0 aromatic heterocycles. The molecular weight excluding hydrogens is 591 g/mol. The highest BCUT2D eigenvalue weighted by atomic mass is 15.1. The van der Waals surface area contributed by atoms with Gasteiger partial charge in [0, 0.05) is 27.6 Å². The van der Waals surface area contributed by atoms with Gasteiger partial charge in [-0.25, -0.2) is 0 Å². The summed E-state index contributed by atoms with van der Waals surface area (Å²) in [4.78, 5) is 2.55. The maximum Gasteiger partial charge on any atom is 0.0543 e. The largest absolute Gasteiger partial charge is 0.309 e. The summed E-state index contributed by atoms with van der Waals surface area (Å²) < 4.78 is 0. The van der Waals surface area contributed by atoms with E-state index in [0.717, 1.165) is 0 Å². The molecule has 2 aliphatic rings. The van der Waals surface area contributed by atoms with Crippen molar-refractivity contribution in [3.05, 3.63) is 174 Å². The standard InChI is InChI=1S/C48H37N/c1-47(2)39-17-9-7-15-37(39)45-41(47)19-11-21-43(45)49(44-22-12-20-42-46(44)38-16-8-10-18-40(38)48(42,3)4)32-25-28-34-31(29-32)24-27-35-33-14-6-5-13-30(33)23-26-36(34)35/h5-29H,1-4H3. The summed E-state index contributed by atoms with van der Waals surface area (Å²) >= 11 is 0. The molecule has 10 rings (SSSR count). The first-order valence-corrected chi connectivity index (χ1v) is 17.5. The minimum absolute atomic E-state index is 0.0914. The number of rotatable bonds is 3. The Balaban J connectivity index is 1.28. The van der Waals surface area contributed by atoms with Gasteiger partial charge >= 0.3 is 0 Å². The first-order valence-electron chi connectivity index (χ1n) is 17.5. The maximum atomic E-state index is 2.55. The highest BCUT2D eigenvalue weighted by Gasteiger charge is 2.40. The molecular formula is C48H37N. The lowest BCUT2D eigenvalue weighted by molar-refractivity contribution is 0.660. The van der Waals surface area contributed by atoms with Gasteiger partial charge in [-0.15, -0.1) is 0 Å². The van der Waals surface area contributed by atoms with Crippen LogP contribution in [0.5, 0.6) is 0 Å². The van der Waals surface area contributed by atoms with Crippen molar-refractivity contribution in [2.45, 2.75) is 38.5 Å². The Morgan fingerprint density at radius 2 is 0.837 bits per heavy atom. The Kier molecular flexibility index (Phi) is 5.75. The van der Waals surface area contributed by atoms with Gasteiger partial charge in [-0.2, -0.15) is 0 Å². The quantitative estimate of drug-likeness (QED) is 0.176. The molecule has 0 fully saturated rings. The van der Waals surface area contributed by atoms with E-state index in [1.807, 2.05) is 0 Å². The molecule has 0 aliphatic heterocycles. The molecule has 0 saturated heterocycles. The molecule has 0 atom stereocenters. The van der Waals surface area contributed by atoms with E-state index in [1.54, 1.807) is 0 Å². The van der Waals surface area contributed by atoms with Crippen LogP contribution in [-0.4, -0.2) is 0 Å². The first kappa shape index (κ1) is 28.4. The Labute approximate surface area is 288 Å². The minimum atomic E-state index is -0.0914. The summed E-state index contributed by atoms with van der Waals surface area (Å²) in [5.74, 6) is 0. The second-order valence-corrected chi connectivity index (χ2v) is 14.9. The second-order valence-electron chi connectivity index (χ2n) is 14.9. The van der Waals surface area contributed by atoms with Crippen LogP contribution in [0.2, 0.25) is 0 Å². The molecule has 0 N–H and O–H groups in total. The predicted octanol–water partition coefficient (Wildman–Crippen LogP) is 13.2. The molecule has 0 saturated carbocycles. The van der Waals surface area contributed by atoms with Crippen LogP contribution >= 0.6 is 0 Å². The van der Waals surface area contributed by atoms with Crippen molar-refractivity contribution in [1.82, 2.24) is 0 Å². The fourth-order valence-corrected chi connectivity index (χ4v) is 9.21. The van der Waals surface area contributed by atoms with E-state index in [2.05, 4.69) is 184 Å². The molecule has 49 heavy (non-hydrogen) atoms. The van der Waals surface area contributed by atoms with Gasteiger partial charge in [0.2, 0.25) is 0 Å². The van der Waals surface area contributed by atoms with Crippen LogP contribution in [0.3, 0.4) is 0 Å². The van der Waals surface area contributed by atoms with E-state index < -0.39 is 0 Å². The van der Waals surface area contributed by atoms with Crippen LogP contribution in [-0.2, 0) is 10.8 Å². The normalized spacial score (nSPS) is 14.9. The second kappa shape index (κ2) is 9.94. The van der Waals surface area contributed by atoms with Gasteiger partial charge < -0.3 is 4.90 Å². The van der Waals surface area contributed by atoms with Crippen molar-refractivity contribution >= 4 is 49.4 Å². The Morgan fingerprint density at radius 1 is 0.367 bits per heavy atom. The molecule has 0 unspecified atom stereocenters. The summed E-state index contributed by atoms with van der Waals surface area (Å²) in [6.07, 6.45) is 0. The van der Waals surface area contributed by atoms with E-state index in [-0.39, 0.29) is 10.8 Å². The highest BCUT2D eigenvalue weighted by molar-refractivity contribution is 6.17. The fraction of sp³-hybridized carbons (Fsp3) is 0.125. The Hall–Kier alpha value is -5.66. The summed E-state index contributed by atoms with van der Waals surface area (Å²) in [6.45, 7) is 9.48. The SMILES string of the molecule is CC1(C)c2ccccc2-c2c(N(c3ccc4c(ccc5c6ccccc6ccc45)c3)c3cccc4c3-c3ccccc3C4(C)C)cccc21. The van der Waals surface area contributed by atoms with E-state index in [1.165, 1.54) is 93.9 Å². The number of anilines is 3. The molecule has 0 heterocycles. The third-order valence-corrected chi connectivity index (χ3v) is 11.6. The summed E-state index contributed by atoms with van der Waals surface area (Å²) in [7, 11) is 0. The van der Waals surface area contributed by atoms with Crippen LogP contribution in [0.1, 0.15) is 49.9 Å². The monoisotopic (exact) mass is 627 g/mol. The van der Waals surface area contributed by atoms with Gasteiger partial charge in [0.25, 0.3) is 0 Å². The number of benzene rings is 8. The average Bonchev–Trinajstić information content (AvgIpc) is 3.52. The molecule has 2 aliphatic carbocycles. The van der Waals surface area contributed by atoms with Crippen LogP contribution in [0, 0.1) is 0 Å². The van der Waals surface area contributed by atoms with Crippen LogP contribution in [0.25, 0.3) is 54.6 Å². The van der Waals surface area contributed by atoms with Gasteiger partial charge in [-0.3, -0.25) is 0 Å². The van der Waals surface area contributed by atoms with Crippen molar-refractivity contribution in [1.29, 1.82) is 0 Å². The fourth-order valence-electron chi connectivity index (χ4n) is 9.21. The van der Waals surface area contributed by atoms with Gasteiger partial charge in [-0.05, 0) is 90.0 Å². The van der Waals surface area contributed by atoms with E-state index in [9.17, 15) is 0 Å². The Bertz CT molecular complexity index is 2570. The lowest BCUT2D eigenvalue weighted by Crippen LogP contribution is -2.17. The lowest BCUT2D eigenvalue weighted by atomic mass is 9.82. The highest BCUT2D eigenvalue weighted by Crippen LogP contribution is 2.58. The van der Waals surface area contributed by atoms with E-state index in [4.69, 9.17) is 0 Å². The molecule has 1 heteroatoms. The van der Waals surface area contributed by atoms with Gasteiger partial charge in [0.15, 0.2) is 0 Å². The zero-order chi connectivity index (χ0) is 33.1. The Morgan fingerprint density at radius 3 is 1.45 bits per heavy atom. The summed E-state index contributed by atoms with van der Waals surface area (Å²) in [5.41, 5.74) is 14.3. The third-order valence-electron chi connectivity index (χ3n) is 11.6. The van der Waals surface area contributed by atoms with Crippen molar-refractivity contribution in [2.75, 3.05) is 4.90 Å². The molecule has 0 radical (unpaired) electrons. The van der Waals surface area contributed by atoms with Crippen LogP contribution < -0.4 is 4.90 Å². The number of hydrogen-bond acceptors (Lipinski definition) is 1. The smallest absolute Gasteiger partial charge is 0.0543 e. The van der Waals surface area contributed by atoms with Gasteiger partial charge in [0.05, 0.1) is 11.4 Å². The van der Waals surface area contributed by atoms with Gasteiger partial charge in [-0.1, -0.05) is 155 Å². The lowest BCUT2D eigenvalue weighted by Gasteiger charge is -2.31. The van der Waals surface area contributed by atoms with Gasteiger partial charge in [0.1, 0.15) is 0 Å². The summed E-state index contributed by atoms with van der Waals surface area (Å²) in [5, 5.41) is 7.69. The predicted molar refractivity (Wildman–Crippen MR) is 209 cm³/mol. The van der Waals surface area contributed by atoms with Crippen molar-refractivity contribution < 1.29 is 0 Å². The van der Waals surface area contributed by atoms with Crippen LogP contribution in [0.4, 0.5) is 17.1 Å². The molecule has 0 bridgehead atoms. The van der Waals surface area contributed by atoms with Crippen molar-refractivity contribution in [3.63, 3.8) is 0 Å². The minimum Gasteiger partial charge on any atom is -0.309 e. The average molecular weight is 628 g/mol. The molecule has 0 spiro atoms. The maximum absolute atomic E-state index is 2.55. The zero-order valence-corrected chi connectivity index (χ0v) is 28.4. The number of hydrogen-bond donors (Lipinski definition) is 0. The first-order chi connectivity index (χ1) is 23.8. The molecule has 8 aromatic rings. The topological polar surface area (TPSA) is 3.24 Å². The number of fused-ring (bicyclic) bond motifs is 11. The summed E-state index contributed by atoms with van der Waals surface area (Å²) in [6, 6.07) is 56.8. The van der Waals surface area contributed by atoms with E-state index >= 15 is 0 Å².